The van der Waals surface area contributed by atoms with Crippen LogP contribution in [0.3, 0.4) is 0 Å². The normalized spacial score (nSPS) is 9.83. The lowest BCUT2D eigenvalue weighted by Gasteiger charge is -2.02. The number of imidazole rings is 1. The van der Waals surface area contributed by atoms with E-state index in [0.717, 1.165) is 0 Å². The summed E-state index contributed by atoms with van der Waals surface area (Å²) in [4.78, 5) is 14.9. The van der Waals surface area contributed by atoms with Crippen LogP contribution >= 0.6 is 0 Å². The average molecular weight is 169 g/mol. The van der Waals surface area contributed by atoms with Gasteiger partial charge >= 0.3 is 0 Å². The number of aromatic nitrogens is 2. The first-order chi connectivity index (χ1) is 5.74. The van der Waals surface area contributed by atoms with E-state index in [1.54, 1.807) is 24.0 Å². The Hall–Kier alpha value is -1.36. The minimum atomic E-state index is -0.202. The van der Waals surface area contributed by atoms with E-state index in [9.17, 15) is 4.79 Å². The maximum absolute atomic E-state index is 11.0. The monoisotopic (exact) mass is 169 g/mol. The molecule has 12 heavy (non-hydrogen) atoms. The fourth-order valence-electron chi connectivity index (χ4n) is 0.778. The molecule has 0 fully saturated rings. The molecule has 1 amide bonds. The summed E-state index contributed by atoms with van der Waals surface area (Å²) in [5.41, 5.74) is 0. The molecule has 1 aromatic rings. The zero-order chi connectivity index (χ0) is 8.97. The summed E-state index contributed by atoms with van der Waals surface area (Å²) in [5.74, 6) is 0.323. The highest BCUT2D eigenvalue weighted by Crippen LogP contribution is 1.99. The van der Waals surface area contributed by atoms with Gasteiger partial charge in [-0.2, -0.15) is 0 Å². The van der Waals surface area contributed by atoms with E-state index < -0.39 is 0 Å². The summed E-state index contributed by atoms with van der Waals surface area (Å²) in [7, 11) is 3.27. The minimum absolute atomic E-state index is 0.0485. The first kappa shape index (κ1) is 8.73. The quantitative estimate of drug-likeness (QED) is 0.693. The molecule has 5 nitrogen and oxygen atoms in total. The van der Waals surface area contributed by atoms with Gasteiger partial charge in [0.15, 0.2) is 0 Å². The SMILES string of the molecule is COCC(=O)Nc1nccn1C. The van der Waals surface area contributed by atoms with Crippen LogP contribution in [0.15, 0.2) is 12.4 Å². The van der Waals surface area contributed by atoms with Crippen LogP contribution in [-0.2, 0) is 16.6 Å². The Bertz CT molecular complexity index is 269. The number of amides is 1. The van der Waals surface area contributed by atoms with Gasteiger partial charge < -0.3 is 9.30 Å². The molecule has 0 saturated carbocycles. The van der Waals surface area contributed by atoms with E-state index in [0.29, 0.717) is 5.95 Å². The summed E-state index contributed by atoms with van der Waals surface area (Å²) < 4.78 is 6.36. The van der Waals surface area contributed by atoms with Crippen LogP contribution in [0.1, 0.15) is 0 Å². The van der Waals surface area contributed by atoms with Crippen molar-refractivity contribution in [3.63, 3.8) is 0 Å². The minimum Gasteiger partial charge on any atom is -0.375 e. The van der Waals surface area contributed by atoms with Gasteiger partial charge in [-0.15, -0.1) is 0 Å². The van der Waals surface area contributed by atoms with Crippen molar-refractivity contribution in [3.05, 3.63) is 12.4 Å². The number of methoxy groups -OCH3 is 1. The van der Waals surface area contributed by atoms with Crippen molar-refractivity contribution in [3.8, 4) is 0 Å². The summed E-state index contributed by atoms with van der Waals surface area (Å²) in [6.45, 7) is 0.0485. The first-order valence-corrected chi connectivity index (χ1v) is 3.50. The summed E-state index contributed by atoms with van der Waals surface area (Å²) in [6.07, 6.45) is 3.37. The molecule has 66 valence electrons. The number of carbonyl (C=O) groups is 1. The van der Waals surface area contributed by atoms with E-state index in [1.165, 1.54) is 7.11 Å². The molecule has 0 bridgehead atoms. The molecule has 0 aromatic carbocycles. The second kappa shape index (κ2) is 3.87. The third-order valence-corrected chi connectivity index (χ3v) is 1.35. The molecule has 0 spiro atoms. The fourth-order valence-corrected chi connectivity index (χ4v) is 0.778. The van der Waals surface area contributed by atoms with Gasteiger partial charge in [0.05, 0.1) is 0 Å². The van der Waals surface area contributed by atoms with Crippen LogP contribution in [0.25, 0.3) is 0 Å². The number of aryl methyl sites for hydroxylation is 1. The Morgan fingerprint density at radius 1 is 1.83 bits per heavy atom. The Balaban J connectivity index is 2.52. The summed E-state index contributed by atoms with van der Waals surface area (Å²) >= 11 is 0. The average Bonchev–Trinajstić information content (AvgIpc) is 2.37. The molecule has 0 saturated heterocycles. The number of nitrogens with zero attached hydrogens (tertiary/aromatic N) is 2. The number of rotatable bonds is 3. The van der Waals surface area contributed by atoms with Crippen molar-refractivity contribution in [1.29, 1.82) is 0 Å². The van der Waals surface area contributed by atoms with Gasteiger partial charge in [0, 0.05) is 26.6 Å². The maximum Gasteiger partial charge on any atom is 0.252 e. The van der Waals surface area contributed by atoms with Gasteiger partial charge in [-0.25, -0.2) is 4.98 Å². The Morgan fingerprint density at radius 2 is 2.58 bits per heavy atom. The molecule has 5 heteroatoms. The van der Waals surface area contributed by atoms with Gasteiger partial charge in [0.1, 0.15) is 6.61 Å². The largest absolute Gasteiger partial charge is 0.375 e. The van der Waals surface area contributed by atoms with Crippen LogP contribution in [0.5, 0.6) is 0 Å². The van der Waals surface area contributed by atoms with Crippen molar-refractivity contribution in [1.82, 2.24) is 9.55 Å². The molecular formula is C7H11N3O2. The van der Waals surface area contributed by atoms with Gasteiger partial charge in [0.2, 0.25) is 5.95 Å². The van der Waals surface area contributed by atoms with Crippen LogP contribution in [0, 0.1) is 0 Å². The van der Waals surface area contributed by atoms with E-state index >= 15 is 0 Å². The van der Waals surface area contributed by atoms with E-state index in [1.807, 2.05) is 0 Å². The van der Waals surface area contributed by atoms with E-state index in [4.69, 9.17) is 0 Å². The summed E-state index contributed by atoms with van der Waals surface area (Å²) in [5, 5.41) is 2.58. The topological polar surface area (TPSA) is 56.1 Å². The number of hydrogen-bond donors (Lipinski definition) is 1. The molecule has 0 unspecified atom stereocenters. The van der Waals surface area contributed by atoms with Gasteiger partial charge in [-0.3, -0.25) is 10.1 Å². The number of hydrogen-bond acceptors (Lipinski definition) is 3. The number of anilines is 1. The standard InChI is InChI=1S/C7H11N3O2/c1-10-4-3-8-7(10)9-6(11)5-12-2/h3-4H,5H2,1-2H3,(H,8,9,11). The summed E-state index contributed by atoms with van der Waals surface area (Å²) in [6, 6.07) is 0. The van der Waals surface area contributed by atoms with Gasteiger partial charge in [-0.1, -0.05) is 0 Å². The number of ether oxygens (including phenoxy) is 1. The smallest absolute Gasteiger partial charge is 0.252 e. The third-order valence-electron chi connectivity index (χ3n) is 1.35. The molecule has 1 rings (SSSR count). The van der Waals surface area contributed by atoms with E-state index in [2.05, 4.69) is 15.0 Å². The molecule has 1 N–H and O–H groups in total. The maximum atomic E-state index is 11.0. The second-order valence-electron chi connectivity index (χ2n) is 2.34. The lowest BCUT2D eigenvalue weighted by Crippen LogP contribution is -2.19. The molecule has 0 radical (unpaired) electrons. The molecule has 1 aromatic heterocycles. The van der Waals surface area contributed by atoms with Crippen LogP contribution in [-0.4, -0.2) is 29.2 Å². The highest BCUT2D eigenvalue weighted by atomic mass is 16.5. The molecular weight excluding hydrogens is 158 g/mol. The zero-order valence-electron chi connectivity index (χ0n) is 7.07. The molecule has 1 heterocycles. The lowest BCUT2D eigenvalue weighted by molar-refractivity contribution is -0.119. The first-order valence-electron chi connectivity index (χ1n) is 3.50. The Kier molecular flexibility index (Phi) is 2.82. The fraction of sp³-hybridized carbons (Fsp3) is 0.429. The predicted molar refractivity (Wildman–Crippen MR) is 43.7 cm³/mol. The van der Waals surface area contributed by atoms with Crippen molar-refractivity contribution in [2.24, 2.45) is 7.05 Å². The van der Waals surface area contributed by atoms with Crippen LogP contribution in [0.2, 0.25) is 0 Å². The van der Waals surface area contributed by atoms with Gasteiger partial charge in [0.25, 0.3) is 5.91 Å². The Labute approximate surface area is 70.4 Å². The Morgan fingerprint density at radius 3 is 3.08 bits per heavy atom. The van der Waals surface area contributed by atoms with Gasteiger partial charge in [-0.05, 0) is 0 Å². The molecule has 0 atom stereocenters. The van der Waals surface area contributed by atoms with Crippen LogP contribution in [0.4, 0.5) is 5.95 Å². The molecule has 0 aliphatic heterocycles. The molecule has 0 aliphatic carbocycles. The highest BCUT2D eigenvalue weighted by Gasteiger charge is 2.03. The number of nitrogens with one attached hydrogen (secondary N) is 1. The van der Waals surface area contributed by atoms with Crippen molar-refractivity contribution >= 4 is 11.9 Å². The number of carbonyl (C=O) groups excluding carboxylic acids is 1. The molecule has 0 aliphatic rings. The lowest BCUT2D eigenvalue weighted by atomic mass is 10.6. The van der Waals surface area contributed by atoms with Crippen molar-refractivity contribution < 1.29 is 9.53 Å². The highest BCUT2D eigenvalue weighted by molar-refractivity contribution is 5.90. The predicted octanol–water partition coefficient (Wildman–Crippen LogP) is 0.00500. The van der Waals surface area contributed by atoms with Crippen molar-refractivity contribution in [2.75, 3.05) is 19.0 Å². The second-order valence-corrected chi connectivity index (χ2v) is 2.34. The van der Waals surface area contributed by atoms with E-state index in [-0.39, 0.29) is 12.5 Å². The third kappa shape index (κ3) is 2.06. The van der Waals surface area contributed by atoms with Crippen molar-refractivity contribution in [2.45, 2.75) is 0 Å². The van der Waals surface area contributed by atoms with Crippen LogP contribution < -0.4 is 5.32 Å². The zero-order valence-corrected chi connectivity index (χ0v) is 7.07.